The van der Waals surface area contributed by atoms with Crippen molar-refractivity contribution >= 4 is 39.3 Å². The van der Waals surface area contributed by atoms with Crippen molar-refractivity contribution in [2.24, 2.45) is 0 Å². The summed E-state index contributed by atoms with van der Waals surface area (Å²) in [4.78, 5) is 4.54. The third-order valence-corrected chi connectivity index (χ3v) is 5.32. The molecule has 3 rings (SSSR count). The summed E-state index contributed by atoms with van der Waals surface area (Å²) in [5, 5.41) is 8.73. The average molecular weight is 341 g/mol. The maximum Gasteiger partial charge on any atom is 0.243 e. The highest BCUT2D eigenvalue weighted by atomic mass is 79.9. The first-order valence-electron chi connectivity index (χ1n) is 6.56. The molecule has 19 heavy (non-hydrogen) atoms. The first kappa shape index (κ1) is 13.2. The Morgan fingerprint density at radius 2 is 2.37 bits per heavy atom. The second-order valence-corrected chi connectivity index (χ2v) is 6.92. The Hall–Kier alpha value is -0.750. The summed E-state index contributed by atoms with van der Waals surface area (Å²) >= 11 is 5.48. The minimum Gasteiger partial charge on any atom is -0.350 e. The van der Waals surface area contributed by atoms with Crippen LogP contribution in [0.15, 0.2) is 22.8 Å². The van der Waals surface area contributed by atoms with Crippen LogP contribution in [0.2, 0.25) is 0 Å². The van der Waals surface area contributed by atoms with Crippen LogP contribution < -0.4 is 5.32 Å². The van der Waals surface area contributed by atoms with Gasteiger partial charge in [-0.05, 0) is 53.6 Å². The molecule has 0 bridgehead atoms. The molecule has 1 saturated carbocycles. The number of hydrogen-bond donors (Lipinski definition) is 1. The minimum absolute atomic E-state index is 0.502. The van der Waals surface area contributed by atoms with Gasteiger partial charge < -0.3 is 5.32 Å². The molecule has 0 amide bonds. The molecule has 1 fully saturated rings. The highest BCUT2D eigenvalue weighted by Crippen LogP contribution is 2.28. The molecule has 2 atom stereocenters. The molecule has 1 aliphatic carbocycles. The Balaban J connectivity index is 1.76. The minimum atomic E-state index is 0.502. The van der Waals surface area contributed by atoms with E-state index < -0.39 is 0 Å². The van der Waals surface area contributed by atoms with Crippen LogP contribution in [-0.2, 0) is 0 Å². The summed E-state index contributed by atoms with van der Waals surface area (Å²) in [7, 11) is 0. The number of halogens is 1. The molecule has 0 saturated heterocycles. The van der Waals surface area contributed by atoms with E-state index in [1.807, 2.05) is 30.1 Å². The fourth-order valence-electron chi connectivity index (χ4n) is 2.61. The molecule has 2 aromatic heterocycles. The van der Waals surface area contributed by atoms with Crippen molar-refractivity contribution in [2.75, 3.05) is 11.6 Å². The van der Waals surface area contributed by atoms with Gasteiger partial charge in [0.1, 0.15) is 0 Å². The van der Waals surface area contributed by atoms with Gasteiger partial charge in [-0.25, -0.2) is 4.52 Å². The normalized spacial score (nSPS) is 23.7. The quantitative estimate of drug-likeness (QED) is 0.927. The number of hydrogen-bond acceptors (Lipinski definition) is 4. The van der Waals surface area contributed by atoms with Crippen LogP contribution >= 0.6 is 27.7 Å². The predicted octanol–water partition coefficient (Wildman–Crippen LogP) is 3.58. The van der Waals surface area contributed by atoms with E-state index in [-0.39, 0.29) is 0 Å². The van der Waals surface area contributed by atoms with Crippen molar-refractivity contribution in [3.8, 4) is 0 Å². The molecule has 1 N–H and O–H groups in total. The standard InChI is InChI=1S/C13H17BrN4S/c1-19-10-5-2-4-9(8-10)15-13-16-12-11(14)6-3-7-18(12)17-13/h3,6-7,9-10H,2,4-5,8H2,1H3,(H,15,17). The number of nitrogens with one attached hydrogen (secondary N) is 1. The van der Waals surface area contributed by atoms with Crippen LogP contribution in [0.4, 0.5) is 5.95 Å². The van der Waals surface area contributed by atoms with E-state index in [1.165, 1.54) is 25.7 Å². The largest absolute Gasteiger partial charge is 0.350 e. The van der Waals surface area contributed by atoms with E-state index in [0.717, 1.165) is 21.3 Å². The van der Waals surface area contributed by atoms with Crippen molar-refractivity contribution in [1.29, 1.82) is 0 Å². The maximum absolute atomic E-state index is 4.54. The van der Waals surface area contributed by atoms with E-state index in [1.54, 1.807) is 4.52 Å². The SMILES string of the molecule is CSC1CCCC(Nc2nc3c(Br)cccn3n2)C1. The molecule has 2 heterocycles. The smallest absolute Gasteiger partial charge is 0.243 e. The van der Waals surface area contributed by atoms with Crippen LogP contribution in [0.3, 0.4) is 0 Å². The third kappa shape index (κ3) is 2.89. The zero-order chi connectivity index (χ0) is 13.2. The highest BCUT2D eigenvalue weighted by Gasteiger charge is 2.22. The molecule has 0 aromatic carbocycles. The van der Waals surface area contributed by atoms with Gasteiger partial charge in [0.25, 0.3) is 0 Å². The maximum atomic E-state index is 4.54. The molecule has 6 heteroatoms. The van der Waals surface area contributed by atoms with Crippen LogP contribution in [0, 0.1) is 0 Å². The van der Waals surface area contributed by atoms with Crippen molar-refractivity contribution in [1.82, 2.24) is 14.6 Å². The van der Waals surface area contributed by atoms with Gasteiger partial charge in [-0.3, -0.25) is 0 Å². The Bertz CT molecular complexity index is 571. The van der Waals surface area contributed by atoms with Gasteiger partial charge in [0.05, 0.1) is 4.47 Å². The Labute approximate surface area is 125 Å². The topological polar surface area (TPSA) is 42.2 Å². The summed E-state index contributed by atoms with van der Waals surface area (Å²) in [5.41, 5.74) is 0.863. The Kier molecular flexibility index (Phi) is 3.98. The summed E-state index contributed by atoms with van der Waals surface area (Å²) < 4.78 is 2.78. The lowest BCUT2D eigenvalue weighted by molar-refractivity contribution is 0.471. The van der Waals surface area contributed by atoms with E-state index in [4.69, 9.17) is 0 Å². The number of nitrogens with zero attached hydrogens (tertiary/aromatic N) is 3. The van der Waals surface area contributed by atoms with Gasteiger partial charge in [-0.15, -0.1) is 5.10 Å². The summed E-state index contributed by atoms with van der Waals surface area (Å²) in [6.45, 7) is 0. The lowest BCUT2D eigenvalue weighted by atomic mass is 9.95. The van der Waals surface area contributed by atoms with E-state index in [2.05, 4.69) is 37.6 Å². The second-order valence-electron chi connectivity index (χ2n) is 4.93. The Morgan fingerprint density at radius 1 is 1.47 bits per heavy atom. The predicted molar refractivity (Wildman–Crippen MR) is 83.9 cm³/mol. The number of anilines is 1. The van der Waals surface area contributed by atoms with E-state index in [9.17, 15) is 0 Å². The molecule has 102 valence electrons. The zero-order valence-corrected chi connectivity index (χ0v) is 13.2. The van der Waals surface area contributed by atoms with Gasteiger partial charge in [0.2, 0.25) is 5.95 Å². The fraction of sp³-hybridized carbons (Fsp3) is 0.538. The molecule has 0 aliphatic heterocycles. The van der Waals surface area contributed by atoms with Crippen molar-refractivity contribution in [2.45, 2.75) is 37.0 Å². The molecular weight excluding hydrogens is 324 g/mol. The van der Waals surface area contributed by atoms with E-state index in [0.29, 0.717) is 6.04 Å². The first-order chi connectivity index (χ1) is 9.26. The van der Waals surface area contributed by atoms with Crippen molar-refractivity contribution in [3.05, 3.63) is 22.8 Å². The number of pyridine rings is 1. The number of rotatable bonds is 3. The summed E-state index contributed by atoms with van der Waals surface area (Å²) in [5.74, 6) is 0.735. The van der Waals surface area contributed by atoms with Gasteiger partial charge >= 0.3 is 0 Å². The molecule has 2 aromatic rings. The average Bonchev–Trinajstić information content (AvgIpc) is 2.83. The molecule has 2 unspecified atom stereocenters. The van der Waals surface area contributed by atoms with Gasteiger partial charge in [-0.2, -0.15) is 16.7 Å². The fourth-order valence-corrected chi connectivity index (χ4v) is 3.86. The van der Waals surface area contributed by atoms with Gasteiger partial charge in [0.15, 0.2) is 5.65 Å². The monoisotopic (exact) mass is 340 g/mol. The summed E-state index contributed by atoms with van der Waals surface area (Å²) in [6, 6.07) is 4.44. The van der Waals surface area contributed by atoms with Crippen LogP contribution in [0.25, 0.3) is 5.65 Å². The highest BCUT2D eigenvalue weighted by molar-refractivity contribution is 9.10. The molecule has 0 radical (unpaired) electrons. The van der Waals surface area contributed by atoms with Gasteiger partial charge in [0, 0.05) is 17.5 Å². The molecular formula is C13H17BrN4S. The molecule has 4 nitrogen and oxygen atoms in total. The molecule has 1 aliphatic rings. The lowest BCUT2D eigenvalue weighted by Crippen LogP contribution is -2.28. The van der Waals surface area contributed by atoms with Crippen molar-refractivity contribution < 1.29 is 0 Å². The summed E-state index contributed by atoms with van der Waals surface area (Å²) in [6.07, 6.45) is 9.17. The second kappa shape index (κ2) is 5.71. The third-order valence-electron chi connectivity index (χ3n) is 3.61. The van der Waals surface area contributed by atoms with Crippen molar-refractivity contribution in [3.63, 3.8) is 0 Å². The number of aromatic nitrogens is 3. The lowest BCUT2D eigenvalue weighted by Gasteiger charge is -2.28. The number of thioether (sulfide) groups is 1. The van der Waals surface area contributed by atoms with Crippen LogP contribution in [0.5, 0.6) is 0 Å². The van der Waals surface area contributed by atoms with Crippen LogP contribution in [-0.4, -0.2) is 32.1 Å². The van der Waals surface area contributed by atoms with Gasteiger partial charge in [-0.1, -0.05) is 6.42 Å². The first-order valence-corrected chi connectivity index (χ1v) is 8.64. The van der Waals surface area contributed by atoms with E-state index >= 15 is 0 Å². The molecule has 0 spiro atoms. The van der Waals surface area contributed by atoms with Crippen LogP contribution in [0.1, 0.15) is 25.7 Å². The number of fused-ring (bicyclic) bond motifs is 1. The Morgan fingerprint density at radius 3 is 3.16 bits per heavy atom. The zero-order valence-electron chi connectivity index (χ0n) is 10.8.